The van der Waals surface area contributed by atoms with Crippen molar-refractivity contribution in [2.24, 2.45) is 0 Å². The lowest BCUT2D eigenvalue weighted by Gasteiger charge is -2.26. The van der Waals surface area contributed by atoms with Crippen LogP contribution in [-0.4, -0.2) is 12.5 Å². The Hall–Kier alpha value is -2.82. The van der Waals surface area contributed by atoms with Gasteiger partial charge in [0.1, 0.15) is 5.75 Å². The van der Waals surface area contributed by atoms with Crippen molar-refractivity contribution in [3.63, 3.8) is 0 Å². The Kier molecular flexibility index (Phi) is 3.49. The Morgan fingerprint density at radius 1 is 1.21 bits per heavy atom. The van der Waals surface area contributed by atoms with Crippen molar-refractivity contribution >= 4 is 16.9 Å². The van der Waals surface area contributed by atoms with E-state index in [1.165, 1.54) is 6.07 Å². The highest BCUT2D eigenvalue weighted by atomic mass is 19.1. The van der Waals surface area contributed by atoms with Crippen molar-refractivity contribution in [2.75, 3.05) is 6.61 Å². The second kappa shape index (κ2) is 5.67. The Balaban J connectivity index is 1.66. The molecule has 4 nitrogen and oxygen atoms in total. The van der Waals surface area contributed by atoms with Crippen molar-refractivity contribution in [3.05, 3.63) is 65.2 Å². The summed E-state index contributed by atoms with van der Waals surface area (Å²) in [5.41, 5.74) is 1.70. The summed E-state index contributed by atoms with van der Waals surface area (Å²) in [6, 6.07) is 12.2. The van der Waals surface area contributed by atoms with Crippen LogP contribution in [0.15, 0.2) is 46.9 Å². The molecule has 1 amide bonds. The van der Waals surface area contributed by atoms with Gasteiger partial charge in [0, 0.05) is 22.9 Å². The minimum Gasteiger partial charge on any atom is -0.493 e. The third kappa shape index (κ3) is 2.33. The number of ether oxygens (including phenoxy) is 1. The quantitative estimate of drug-likeness (QED) is 0.770. The molecule has 0 radical (unpaired) electrons. The lowest BCUT2D eigenvalue weighted by molar-refractivity contribution is 0.0898. The number of aryl methyl sites for hydroxylation is 1. The Bertz CT molecular complexity index is 932. The van der Waals surface area contributed by atoms with Crippen LogP contribution in [0.2, 0.25) is 0 Å². The highest BCUT2D eigenvalue weighted by Crippen LogP contribution is 2.33. The molecule has 4 rings (SSSR count). The summed E-state index contributed by atoms with van der Waals surface area (Å²) in [6.07, 6.45) is 0.677. The predicted octanol–water partition coefficient (Wildman–Crippen LogP) is 4.13. The molecular weight excluding hydrogens is 309 g/mol. The Morgan fingerprint density at radius 3 is 2.88 bits per heavy atom. The number of amides is 1. The van der Waals surface area contributed by atoms with Crippen LogP contribution in [0.3, 0.4) is 0 Å². The van der Waals surface area contributed by atoms with E-state index < -0.39 is 5.82 Å². The van der Waals surface area contributed by atoms with Gasteiger partial charge in [-0.15, -0.1) is 0 Å². The van der Waals surface area contributed by atoms with Crippen molar-refractivity contribution in [2.45, 2.75) is 19.4 Å². The van der Waals surface area contributed by atoms with Gasteiger partial charge in [0.25, 0.3) is 5.91 Å². The molecule has 1 aliphatic heterocycles. The molecule has 1 aromatic heterocycles. The molecule has 0 spiro atoms. The first-order valence-corrected chi connectivity index (χ1v) is 7.85. The third-order valence-electron chi connectivity index (χ3n) is 4.39. The van der Waals surface area contributed by atoms with Gasteiger partial charge >= 0.3 is 0 Å². The number of fused-ring (bicyclic) bond motifs is 2. The van der Waals surface area contributed by atoms with Gasteiger partial charge in [-0.25, -0.2) is 4.39 Å². The lowest BCUT2D eigenvalue weighted by atomic mass is 10.0. The highest BCUT2D eigenvalue weighted by molar-refractivity contribution is 5.99. The van der Waals surface area contributed by atoms with Crippen LogP contribution in [0.4, 0.5) is 4.39 Å². The number of carbonyl (C=O) groups excluding carboxylic acids is 1. The monoisotopic (exact) mass is 325 g/mol. The van der Waals surface area contributed by atoms with Gasteiger partial charge in [-0.1, -0.05) is 30.3 Å². The Labute approximate surface area is 138 Å². The van der Waals surface area contributed by atoms with E-state index in [1.807, 2.05) is 24.3 Å². The number of hydrogen-bond donors (Lipinski definition) is 1. The van der Waals surface area contributed by atoms with E-state index in [4.69, 9.17) is 9.15 Å². The van der Waals surface area contributed by atoms with E-state index in [2.05, 4.69) is 5.32 Å². The first-order chi connectivity index (χ1) is 11.6. The minimum absolute atomic E-state index is 0.118. The third-order valence-corrected chi connectivity index (χ3v) is 4.39. The molecule has 3 aromatic rings. The number of carbonyl (C=O) groups is 1. The van der Waals surface area contributed by atoms with Crippen LogP contribution in [0.5, 0.6) is 5.75 Å². The zero-order valence-corrected chi connectivity index (χ0v) is 13.1. The maximum atomic E-state index is 13.9. The van der Waals surface area contributed by atoms with Gasteiger partial charge < -0.3 is 14.5 Å². The summed E-state index contributed by atoms with van der Waals surface area (Å²) in [4.78, 5) is 12.7. The molecule has 24 heavy (non-hydrogen) atoms. The molecule has 0 aliphatic carbocycles. The van der Waals surface area contributed by atoms with Crippen LogP contribution in [-0.2, 0) is 0 Å². The minimum atomic E-state index is -0.467. The van der Waals surface area contributed by atoms with Gasteiger partial charge in [-0.3, -0.25) is 4.79 Å². The van der Waals surface area contributed by atoms with Gasteiger partial charge in [0.15, 0.2) is 17.2 Å². The number of halogens is 1. The summed E-state index contributed by atoms with van der Waals surface area (Å²) in [7, 11) is 0. The topological polar surface area (TPSA) is 51.5 Å². The lowest BCUT2D eigenvalue weighted by Crippen LogP contribution is -2.32. The molecule has 1 N–H and O–H groups in total. The van der Waals surface area contributed by atoms with Gasteiger partial charge in [0.2, 0.25) is 0 Å². The maximum Gasteiger partial charge on any atom is 0.287 e. The SMILES string of the molecule is Cc1c(C(=O)N[C@H]2CCOc3ccccc32)oc2c(F)cccc12. The van der Waals surface area contributed by atoms with Crippen LogP contribution >= 0.6 is 0 Å². The molecule has 2 aromatic carbocycles. The average molecular weight is 325 g/mol. The van der Waals surface area contributed by atoms with Crippen LogP contribution in [0.1, 0.15) is 34.1 Å². The fourth-order valence-electron chi connectivity index (χ4n) is 3.14. The fourth-order valence-corrected chi connectivity index (χ4v) is 3.14. The zero-order chi connectivity index (χ0) is 16.7. The summed E-state index contributed by atoms with van der Waals surface area (Å²) in [5, 5.41) is 3.60. The molecule has 1 aliphatic rings. The van der Waals surface area contributed by atoms with E-state index in [1.54, 1.807) is 19.1 Å². The highest BCUT2D eigenvalue weighted by Gasteiger charge is 2.26. The van der Waals surface area contributed by atoms with E-state index in [0.29, 0.717) is 24.0 Å². The molecule has 0 saturated carbocycles. The number of hydrogen-bond acceptors (Lipinski definition) is 3. The van der Waals surface area contributed by atoms with Crippen LogP contribution < -0.4 is 10.1 Å². The normalized spacial score (nSPS) is 16.5. The molecule has 122 valence electrons. The first-order valence-electron chi connectivity index (χ1n) is 7.85. The number of furan rings is 1. The Morgan fingerprint density at radius 2 is 2.04 bits per heavy atom. The van der Waals surface area contributed by atoms with E-state index in [9.17, 15) is 9.18 Å². The molecule has 0 fully saturated rings. The number of benzene rings is 2. The van der Waals surface area contributed by atoms with Gasteiger partial charge in [-0.05, 0) is 19.1 Å². The zero-order valence-electron chi connectivity index (χ0n) is 13.1. The molecule has 0 saturated heterocycles. The number of nitrogens with one attached hydrogen (secondary N) is 1. The largest absolute Gasteiger partial charge is 0.493 e. The van der Waals surface area contributed by atoms with Gasteiger partial charge in [-0.2, -0.15) is 0 Å². The van der Waals surface area contributed by atoms with Crippen molar-refractivity contribution < 1.29 is 18.3 Å². The first kappa shape index (κ1) is 14.8. The van der Waals surface area contributed by atoms with E-state index in [-0.39, 0.29) is 23.3 Å². The molecule has 0 unspecified atom stereocenters. The van der Waals surface area contributed by atoms with E-state index in [0.717, 1.165) is 11.3 Å². The summed E-state index contributed by atoms with van der Waals surface area (Å²) in [5.74, 6) is 0.122. The molecule has 0 bridgehead atoms. The molecule has 5 heteroatoms. The number of rotatable bonds is 2. The second-order valence-corrected chi connectivity index (χ2v) is 5.87. The van der Waals surface area contributed by atoms with Gasteiger partial charge in [0.05, 0.1) is 12.6 Å². The fraction of sp³-hybridized carbons (Fsp3) is 0.211. The molecular formula is C19H16FNO3. The second-order valence-electron chi connectivity index (χ2n) is 5.87. The number of para-hydroxylation sites is 2. The summed E-state index contributed by atoms with van der Waals surface area (Å²) >= 11 is 0. The maximum absolute atomic E-state index is 13.9. The average Bonchev–Trinajstić information content (AvgIpc) is 2.94. The molecule has 2 heterocycles. The standard InChI is InChI=1S/C19H16FNO3/c1-11-12-6-4-7-14(20)18(12)24-17(11)19(22)21-15-9-10-23-16-8-3-2-5-13(15)16/h2-8,15H,9-10H2,1H3,(H,21,22)/t15-/m0/s1. The van der Waals surface area contributed by atoms with Crippen LogP contribution in [0, 0.1) is 12.7 Å². The van der Waals surface area contributed by atoms with Crippen molar-refractivity contribution in [1.29, 1.82) is 0 Å². The van der Waals surface area contributed by atoms with Crippen molar-refractivity contribution in [1.82, 2.24) is 5.32 Å². The molecule has 1 atom stereocenters. The van der Waals surface area contributed by atoms with Crippen LogP contribution in [0.25, 0.3) is 11.0 Å². The predicted molar refractivity (Wildman–Crippen MR) is 87.7 cm³/mol. The summed E-state index contributed by atoms with van der Waals surface area (Å²) in [6.45, 7) is 2.30. The van der Waals surface area contributed by atoms with E-state index >= 15 is 0 Å². The van der Waals surface area contributed by atoms with Crippen molar-refractivity contribution in [3.8, 4) is 5.75 Å². The smallest absolute Gasteiger partial charge is 0.287 e. The summed E-state index contributed by atoms with van der Waals surface area (Å²) < 4.78 is 25.0.